The number of hydrogen-bond donors (Lipinski definition) is 1. The Bertz CT molecular complexity index is 461. The lowest BCUT2D eigenvalue weighted by atomic mass is 10.0. The summed E-state index contributed by atoms with van der Waals surface area (Å²) in [6, 6.07) is 0. The Kier molecular flexibility index (Phi) is 22.9. The zero-order chi connectivity index (χ0) is 22.1. The molecule has 0 heterocycles. The molecular formula is C28H51NO. The quantitative estimate of drug-likeness (QED) is 0.107. The summed E-state index contributed by atoms with van der Waals surface area (Å²) in [4.78, 5) is 10.9. The van der Waals surface area contributed by atoms with E-state index in [1.807, 2.05) is 12.2 Å². The predicted octanol–water partition coefficient (Wildman–Crippen LogP) is 8.96. The maximum Gasteiger partial charge on any atom is 0.244 e. The highest BCUT2D eigenvalue weighted by atomic mass is 16.1. The van der Waals surface area contributed by atoms with Gasteiger partial charge in [0.2, 0.25) is 5.91 Å². The highest BCUT2D eigenvalue weighted by Crippen LogP contribution is 2.14. The van der Waals surface area contributed by atoms with Crippen LogP contribution in [0.1, 0.15) is 136 Å². The van der Waals surface area contributed by atoms with Gasteiger partial charge in [-0.15, -0.1) is 0 Å². The number of allylic oxidation sites excluding steroid dienone is 5. The third-order valence-corrected chi connectivity index (χ3v) is 5.82. The van der Waals surface area contributed by atoms with Gasteiger partial charge in [-0.05, 0) is 19.8 Å². The molecule has 174 valence electrons. The Balaban J connectivity index is 3.21. The number of rotatable bonds is 22. The van der Waals surface area contributed by atoms with Gasteiger partial charge in [-0.2, -0.15) is 0 Å². The Morgan fingerprint density at radius 1 is 0.600 bits per heavy atom. The molecule has 0 aromatic heterocycles. The van der Waals surface area contributed by atoms with Crippen LogP contribution in [0.4, 0.5) is 0 Å². The van der Waals surface area contributed by atoms with Crippen molar-refractivity contribution in [3.05, 3.63) is 36.0 Å². The number of unbranched alkanes of at least 4 members (excludes halogenated alkanes) is 18. The van der Waals surface area contributed by atoms with E-state index in [-0.39, 0.29) is 5.91 Å². The largest absolute Gasteiger partial charge is 0.366 e. The fourth-order valence-corrected chi connectivity index (χ4v) is 3.68. The molecule has 0 aliphatic rings. The van der Waals surface area contributed by atoms with Crippen molar-refractivity contribution in [3.63, 3.8) is 0 Å². The molecule has 1 amide bonds. The van der Waals surface area contributed by atoms with E-state index < -0.39 is 0 Å². The molecule has 0 aliphatic carbocycles. The van der Waals surface area contributed by atoms with Gasteiger partial charge in [0.15, 0.2) is 0 Å². The van der Waals surface area contributed by atoms with Crippen molar-refractivity contribution in [3.8, 4) is 0 Å². The van der Waals surface area contributed by atoms with Crippen molar-refractivity contribution in [1.82, 2.24) is 0 Å². The second-order valence-electron chi connectivity index (χ2n) is 8.83. The molecule has 2 nitrogen and oxygen atoms in total. The topological polar surface area (TPSA) is 43.1 Å². The first-order valence-corrected chi connectivity index (χ1v) is 13.0. The summed E-state index contributed by atoms with van der Waals surface area (Å²) in [6.07, 6.45) is 36.6. The van der Waals surface area contributed by atoms with E-state index >= 15 is 0 Å². The monoisotopic (exact) mass is 417 g/mol. The van der Waals surface area contributed by atoms with Gasteiger partial charge in [0.25, 0.3) is 0 Å². The van der Waals surface area contributed by atoms with E-state index in [1.54, 1.807) is 13.0 Å². The Morgan fingerprint density at radius 2 is 1.00 bits per heavy atom. The third-order valence-electron chi connectivity index (χ3n) is 5.82. The van der Waals surface area contributed by atoms with Gasteiger partial charge >= 0.3 is 0 Å². The number of carbonyl (C=O) groups is 1. The average molecular weight is 418 g/mol. The molecular weight excluding hydrogens is 366 g/mol. The molecule has 2 N–H and O–H groups in total. The maximum absolute atomic E-state index is 10.9. The summed E-state index contributed by atoms with van der Waals surface area (Å²) in [5, 5.41) is 0. The van der Waals surface area contributed by atoms with Crippen LogP contribution in [0.25, 0.3) is 0 Å². The molecule has 0 spiro atoms. The third kappa shape index (κ3) is 23.0. The minimum absolute atomic E-state index is 0.359. The van der Waals surface area contributed by atoms with Crippen molar-refractivity contribution >= 4 is 5.91 Å². The first kappa shape index (κ1) is 28.7. The van der Waals surface area contributed by atoms with Crippen LogP contribution in [0.2, 0.25) is 0 Å². The first-order chi connectivity index (χ1) is 14.7. The lowest BCUT2D eigenvalue weighted by Crippen LogP contribution is -2.11. The molecule has 0 bridgehead atoms. The molecule has 2 heteroatoms. The molecule has 0 fully saturated rings. The summed E-state index contributed by atoms with van der Waals surface area (Å²) in [7, 11) is 0. The molecule has 0 unspecified atom stereocenters. The second kappa shape index (κ2) is 24.0. The van der Waals surface area contributed by atoms with Crippen LogP contribution in [0.15, 0.2) is 36.0 Å². The zero-order valence-electron chi connectivity index (χ0n) is 20.3. The number of carbonyl (C=O) groups excluding carboxylic acids is 1. The Hall–Kier alpha value is -1.31. The fourth-order valence-electron chi connectivity index (χ4n) is 3.68. The van der Waals surface area contributed by atoms with Crippen molar-refractivity contribution in [1.29, 1.82) is 0 Å². The second-order valence-corrected chi connectivity index (χ2v) is 8.83. The van der Waals surface area contributed by atoms with E-state index in [9.17, 15) is 4.79 Å². The average Bonchev–Trinajstić information content (AvgIpc) is 2.74. The first-order valence-electron chi connectivity index (χ1n) is 13.0. The summed E-state index contributed by atoms with van der Waals surface area (Å²) in [5.74, 6) is -0.359. The number of hydrogen-bond acceptors (Lipinski definition) is 1. The molecule has 0 saturated heterocycles. The molecule has 0 saturated carbocycles. The van der Waals surface area contributed by atoms with E-state index in [0.717, 1.165) is 6.42 Å². The van der Waals surface area contributed by atoms with E-state index in [4.69, 9.17) is 5.73 Å². The molecule has 0 aromatic rings. The summed E-state index contributed by atoms with van der Waals surface area (Å²) < 4.78 is 0. The predicted molar refractivity (Wildman–Crippen MR) is 135 cm³/mol. The number of amides is 1. The summed E-state index contributed by atoms with van der Waals surface area (Å²) in [6.45, 7) is 4.02. The highest BCUT2D eigenvalue weighted by molar-refractivity contribution is 5.91. The van der Waals surface area contributed by atoms with Crippen molar-refractivity contribution in [2.75, 3.05) is 0 Å². The van der Waals surface area contributed by atoms with Gasteiger partial charge in [0, 0.05) is 5.57 Å². The molecule has 0 atom stereocenters. The molecule has 0 radical (unpaired) electrons. The van der Waals surface area contributed by atoms with Crippen LogP contribution >= 0.6 is 0 Å². The van der Waals surface area contributed by atoms with E-state index in [2.05, 4.69) is 19.1 Å². The van der Waals surface area contributed by atoms with E-state index in [1.165, 1.54) is 116 Å². The van der Waals surface area contributed by atoms with Gasteiger partial charge in [-0.25, -0.2) is 0 Å². The van der Waals surface area contributed by atoms with Gasteiger partial charge in [0.1, 0.15) is 0 Å². The molecule has 0 aliphatic heterocycles. The molecule has 0 aromatic carbocycles. The zero-order valence-corrected chi connectivity index (χ0v) is 20.3. The molecule has 0 rings (SSSR count). The highest BCUT2D eigenvalue weighted by Gasteiger charge is 1.95. The van der Waals surface area contributed by atoms with Crippen LogP contribution in [0.3, 0.4) is 0 Å². The maximum atomic E-state index is 10.9. The van der Waals surface area contributed by atoms with Crippen molar-refractivity contribution in [2.45, 2.75) is 136 Å². The van der Waals surface area contributed by atoms with Crippen molar-refractivity contribution in [2.24, 2.45) is 5.73 Å². The van der Waals surface area contributed by atoms with Gasteiger partial charge < -0.3 is 5.73 Å². The summed E-state index contributed by atoms with van der Waals surface area (Å²) in [5.41, 5.74) is 5.76. The minimum Gasteiger partial charge on any atom is -0.366 e. The number of nitrogens with two attached hydrogens (primary N) is 1. The normalized spacial score (nSPS) is 12.4. The van der Waals surface area contributed by atoms with Gasteiger partial charge in [0.05, 0.1) is 0 Å². The standard InChI is InChI=1S/C28H51NO/c1-3-4-5-6-7-8-9-10-11-12-13-14-15-16-17-18-19-20-21-22-23-24-25-26-27(2)28(29)30/h22-26H,3-21H2,1-2H3,(H2,29,30). The fraction of sp³-hybridized carbons (Fsp3) is 0.750. The minimum atomic E-state index is -0.359. The van der Waals surface area contributed by atoms with Crippen LogP contribution in [-0.4, -0.2) is 5.91 Å². The Morgan fingerprint density at radius 3 is 1.40 bits per heavy atom. The van der Waals surface area contributed by atoms with Crippen LogP contribution in [-0.2, 0) is 4.79 Å². The molecule has 30 heavy (non-hydrogen) atoms. The SMILES string of the molecule is CCCCCCCCCCCCCCCCCCCCC=CC=CC=C(C)C(N)=O. The van der Waals surface area contributed by atoms with Gasteiger partial charge in [-0.3, -0.25) is 4.79 Å². The van der Waals surface area contributed by atoms with E-state index in [0.29, 0.717) is 5.57 Å². The number of primary amides is 1. The lowest BCUT2D eigenvalue weighted by molar-refractivity contribution is -0.114. The van der Waals surface area contributed by atoms with Crippen LogP contribution < -0.4 is 5.73 Å². The summed E-state index contributed by atoms with van der Waals surface area (Å²) >= 11 is 0. The van der Waals surface area contributed by atoms with Gasteiger partial charge in [-0.1, -0.05) is 146 Å². The van der Waals surface area contributed by atoms with Crippen molar-refractivity contribution < 1.29 is 4.79 Å². The smallest absolute Gasteiger partial charge is 0.244 e. The van der Waals surface area contributed by atoms with Crippen LogP contribution in [0.5, 0.6) is 0 Å². The lowest BCUT2D eigenvalue weighted by Gasteiger charge is -2.03. The Labute approximate surface area is 188 Å². The van der Waals surface area contributed by atoms with Crippen LogP contribution in [0, 0.1) is 0 Å².